The molecule has 1 aromatic rings. The SMILES string of the molecule is CCC(NC(=O)c1cc(Cl)c(NC2=NCC(C)N2)cc1OC)C1CCCN1. The molecule has 2 heterocycles. The summed E-state index contributed by atoms with van der Waals surface area (Å²) in [6, 6.07) is 4.06. The summed E-state index contributed by atoms with van der Waals surface area (Å²) in [5.74, 6) is 0.966. The van der Waals surface area contributed by atoms with Crippen molar-refractivity contribution >= 4 is 29.2 Å². The highest BCUT2D eigenvalue weighted by Gasteiger charge is 2.26. The molecule has 148 valence electrons. The fraction of sp³-hybridized carbons (Fsp3) is 0.579. The lowest BCUT2D eigenvalue weighted by molar-refractivity contribution is 0.0924. The Morgan fingerprint density at radius 1 is 1.48 bits per heavy atom. The minimum absolute atomic E-state index is 0.0832. The Balaban J connectivity index is 1.76. The van der Waals surface area contributed by atoms with Gasteiger partial charge in [0.05, 0.1) is 29.9 Å². The minimum atomic E-state index is -0.175. The minimum Gasteiger partial charge on any atom is -0.496 e. The number of hydrogen-bond acceptors (Lipinski definition) is 6. The van der Waals surface area contributed by atoms with E-state index < -0.39 is 0 Å². The molecule has 0 spiro atoms. The number of carbonyl (C=O) groups is 1. The summed E-state index contributed by atoms with van der Waals surface area (Å²) in [4.78, 5) is 17.2. The van der Waals surface area contributed by atoms with Crippen LogP contribution < -0.4 is 26.0 Å². The zero-order valence-corrected chi connectivity index (χ0v) is 16.8. The molecular weight excluding hydrogens is 366 g/mol. The third kappa shape index (κ3) is 4.65. The maximum Gasteiger partial charge on any atom is 0.255 e. The molecule has 3 unspecified atom stereocenters. The van der Waals surface area contributed by atoms with E-state index in [0.717, 1.165) is 25.8 Å². The molecule has 7 nitrogen and oxygen atoms in total. The first-order chi connectivity index (χ1) is 13.0. The van der Waals surface area contributed by atoms with Crippen LogP contribution in [0.25, 0.3) is 0 Å². The number of benzene rings is 1. The molecular formula is C19H28ClN5O2. The highest BCUT2D eigenvalue weighted by molar-refractivity contribution is 6.34. The van der Waals surface area contributed by atoms with Gasteiger partial charge in [-0.15, -0.1) is 0 Å². The van der Waals surface area contributed by atoms with Gasteiger partial charge in [-0.05, 0) is 38.8 Å². The summed E-state index contributed by atoms with van der Waals surface area (Å²) in [5, 5.41) is 13.4. The molecule has 3 rings (SSSR count). The lowest BCUT2D eigenvalue weighted by Gasteiger charge is -2.24. The van der Waals surface area contributed by atoms with E-state index in [-0.39, 0.29) is 18.0 Å². The normalized spacial score (nSPS) is 22.7. The van der Waals surface area contributed by atoms with E-state index in [9.17, 15) is 4.79 Å². The third-order valence-electron chi connectivity index (χ3n) is 5.03. The Morgan fingerprint density at radius 3 is 2.89 bits per heavy atom. The van der Waals surface area contributed by atoms with Crippen LogP contribution in [0.3, 0.4) is 0 Å². The van der Waals surface area contributed by atoms with Gasteiger partial charge < -0.3 is 26.0 Å². The van der Waals surface area contributed by atoms with Crippen molar-refractivity contribution in [1.82, 2.24) is 16.0 Å². The number of anilines is 1. The number of methoxy groups -OCH3 is 1. The van der Waals surface area contributed by atoms with Crippen LogP contribution in [-0.2, 0) is 0 Å². The second kappa shape index (κ2) is 8.80. The van der Waals surface area contributed by atoms with E-state index in [1.54, 1.807) is 19.2 Å². The molecule has 3 atom stereocenters. The average Bonchev–Trinajstić information content (AvgIpc) is 3.32. The zero-order chi connectivity index (χ0) is 19.4. The zero-order valence-electron chi connectivity index (χ0n) is 16.1. The largest absolute Gasteiger partial charge is 0.496 e. The van der Waals surface area contributed by atoms with Crippen LogP contribution in [0.2, 0.25) is 5.02 Å². The first-order valence-electron chi connectivity index (χ1n) is 9.51. The van der Waals surface area contributed by atoms with E-state index in [0.29, 0.717) is 40.6 Å². The maximum atomic E-state index is 12.9. The van der Waals surface area contributed by atoms with Gasteiger partial charge in [0.2, 0.25) is 0 Å². The summed E-state index contributed by atoms with van der Waals surface area (Å²) < 4.78 is 5.45. The lowest BCUT2D eigenvalue weighted by atomic mass is 10.0. The quantitative estimate of drug-likeness (QED) is 0.596. The average molecular weight is 394 g/mol. The van der Waals surface area contributed by atoms with Crippen molar-refractivity contribution < 1.29 is 9.53 Å². The number of ether oxygens (including phenoxy) is 1. The van der Waals surface area contributed by atoms with Crippen molar-refractivity contribution in [1.29, 1.82) is 0 Å². The number of guanidine groups is 1. The second-order valence-corrected chi connectivity index (χ2v) is 7.49. The van der Waals surface area contributed by atoms with E-state index >= 15 is 0 Å². The van der Waals surface area contributed by atoms with Gasteiger partial charge in [-0.3, -0.25) is 9.79 Å². The van der Waals surface area contributed by atoms with Crippen molar-refractivity contribution in [2.45, 2.75) is 51.2 Å². The maximum absolute atomic E-state index is 12.9. The first-order valence-corrected chi connectivity index (χ1v) is 9.89. The standard InChI is InChI=1S/C19H28ClN5O2/c1-4-14(15-6-5-7-21-15)24-18(26)12-8-13(20)16(9-17(12)27-3)25-19-22-10-11(2)23-19/h8-9,11,14-15,21H,4-7,10H2,1-3H3,(H,24,26)(H2,22,23,25). The molecule has 1 saturated heterocycles. The molecule has 2 aliphatic heterocycles. The molecule has 0 aliphatic carbocycles. The molecule has 0 aromatic heterocycles. The predicted octanol–water partition coefficient (Wildman–Crippen LogP) is 2.37. The molecule has 1 aromatic carbocycles. The van der Waals surface area contributed by atoms with Crippen LogP contribution >= 0.6 is 11.6 Å². The van der Waals surface area contributed by atoms with Crippen molar-refractivity contribution in [2.24, 2.45) is 4.99 Å². The Kier molecular flexibility index (Phi) is 6.44. The molecule has 2 aliphatic rings. The van der Waals surface area contributed by atoms with Crippen LogP contribution in [0.4, 0.5) is 5.69 Å². The van der Waals surface area contributed by atoms with E-state index in [1.165, 1.54) is 0 Å². The molecule has 8 heteroatoms. The van der Waals surface area contributed by atoms with Gasteiger partial charge in [-0.1, -0.05) is 18.5 Å². The van der Waals surface area contributed by atoms with Gasteiger partial charge in [0.25, 0.3) is 5.91 Å². The Bertz CT molecular complexity index is 718. The molecule has 1 amide bonds. The summed E-state index contributed by atoms with van der Waals surface area (Å²) in [6.45, 7) is 5.85. The number of nitrogens with zero attached hydrogens (tertiary/aromatic N) is 1. The number of hydrogen-bond donors (Lipinski definition) is 4. The van der Waals surface area contributed by atoms with Crippen molar-refractivity contribution in [3.05, 3.63) is 22.7 Å². The Morgan fingerprint density at radius 2 is 2.30 bits per heavy atom. The lowest BCUT2D eigenvalue weighted by Crippen LogP contribution is -2.47. The number of aliphatic imine (C=N–C) groups is 1. The summed E-state index contributed by atoms with van der Waals surface area (Å²) in [6.07, 6.45) is 3.08. The van der Waals surface area contributed by atoms with Crippen LogP contribution in [0, 0.1) is 0 Å². The van der Waals surface area contributed by atoms with E-state index in [4.69, 9.17) is 16.3 Å². The highest BCUT2D eigenvalue weighted by Crippen LogP contribution is 2.31. The van der Waals surface area contributed by atoms with Crippen molar-refractivity contribution in [3.8, 4) is 5.75 Å². The first kappa shape index (κ1) is 19.8. The van der Waals surface area contributed by atoms with Gasteiger partial charge in [0, 0.05) is 24.2 Å². The topological polar surface area (TPSA) is 86.8 Å². The van der Waals surface area contributed by atoms with Gasteiger partial charge in [-0.2, -0.15) is 0 Å². The number of halogens is 1. The molecule has 0 saturated carbocycles. The number of carbonyl (C=O) groups excluding carboxylic acids is 1. The fourth-order valence-corrected chi connectivity index (χ4v) is 3.75. The molecule has 27 heavy (non-hydrogen) atoms. The molecule has 1 fully saturated rings. The van der Waals surface area contributed by atoms with Crippen LogP contribution in [0.5, 0.6) is 5.75 Å². The fourth-order valence-electron chi connectivity index (χ4n) is 3.54. The van der Waals surface area contributed by atoms with E-state index in [1.807, 2.05) is 0 Å². The smallest absolute Gasteiger partial charge is 0.255 e. The van der Waals surface area contributed by atoms with Gasteiger partial charge in [0.15, 0.2) is 5.96 Å². The van der Waals surface area contributed by atoms with Crippen molar-refractivity contribution in [2.75, 3.05) is 25.5 Å². The van der Waals surface area contributed by atoms with Crippen LogP contribution in [-0.4, -0.2) is 50.2 Å². The van der Waals surface area contributed by atoms with Gasteiger partial charge in [0.1, 0.15) is 5.75 Å². The van der Waals surface area contributed by atoms with Crippen molar-refractivity contribution in [3.63, 3.8) is 0 Å². The predicted molar refractivity (Wildman–Crippen MR) is 109 cm³/mol. The molecule has 0 bridgehead atoms. The monoisotopic (exact) mass is 393 g/mol. The third-order valence-corrected chi connectivity index (χ3v) is 5.35. The number of rotatable bonds is 6. The second-order valence-electron chi connectivity index (χ2n) is 7.08. The summed E-state index contributed by atoms with van der Waals surface area (Å²) in [7, 11) is 1.55. The van der Waals surface area contributed by atoms with Crippen LogP contribution in [0.15, 0.2) is 17.1 Å². The Hall–Kier alpha value is -1.99. The van der Waals surface area contributed by atoms with Gasteiger partial charge >= 0.3 is 0 Å². The number of nitrogens with one attached hydrogen (secondary N) is 4. The molecule has 0 radical (unpaired) electrons. The summed E-state index contributed by atoms with van der Waals surface area (Å²) >= 11 is 6.42. The summed E-state index contributed by atoms with van der Waals surface area (Å²) in [5.41, 5.74) is 1.08. The molecule has 4 N–H and O–H groups in total. The van der Waals surface area contributed by atoms with Gasteiger partial charge in [-0.25, -0.2) is 0 Å². The Labute approximate surface area is 165 Å². The van der Waals surface area contributed by atoms with Crippen LogP contribution in [0.1, 0.15) is 43.5 Å². The van der Waals surface area contributed by atoms with E-state index in [2.05, 4.69) is 40.1 Å². The number of amides is 1. The highest BCUT2D eigenvalue weighted by atomic mass is 35.5.